The number of nitrogens with one attached hydrogen (secondary N) is 1. The SMILES string of the molecule is COCCCNC(=O)CN1CCN(C(=O)c2csc(-c3ccc(C)cc3)n2)CC1. The first-order valence-electron chi connectivity index (χ1n) is 9.86. The lowest BCUT2D eigenvalue weighted by molar-refractivity contribution is -0.122. The van der Waals surface area contributed by atoms with Crippen LogP contribution >= 0.6 is 11.3 Å². The van der Waals surface area contributed by atoms with Crippen molar-refractivity contribution in [2.24, 2.45) is 0 Å². The van der Waals surface area contributed by atoms with E-state index in [1.807, 2.05) is 41.5 Å². The first-order valence-corrected chi connectivity index (χ1v) is 10.7. The van der Waals surface area contributed by atoms with Crippen molar-refractivity contribution in [1.82, 2.24) is 20.1 Å². The molecule has 0 aliphatic carbocycles. The van der Waals surface area contributed by atoms with Gasteiger partial charge in [0.25, 0.3) is 5.91 Å². The third-order valence-corrected chi connectivity index (χ3v) is 5.79. The van der Waals surface area contributed by atoms with Crippen LogP contribution in [0.1, 0.15) is 22.5 Å². The molecule has 1 aliphatic rings. The lowest BCUT2D eigenvalue weighted by Crippen LogP contribution is -2.51. The molecule has 7 nitrogen and oxygen atoms in total. The van der Waals surface area contributed by atoms with Crippen molar-refractivity contribution in [3.63, 3.8) is 0 Å². The number of hydrogen-bond acceptors (Lipinski definition) is 6. The maximum atomic E-state index is 12.8. The molecule has 1 fully saturated rings. The lowest BCUT2D eigenvalue weighted by atomic mass is 10.2. The molecule has 0 radical (unpaired) electrons. The molecule has 1 aromatic carbocycles. The Hall–Kier alpha value is -2.29. The standard InChI is InChI=1S/C21H28N4O3S/c1-16-4-6-17(7-5-16)20-23-18(15-29-20)21(27)25-11-9-24(10-12-25)14-19(26)22-8-3-13-28-2/h4-7,15H,3,8-14H2,1-2H3,(H,22,26). The highest BCUT2D eigenvalue weighted by molar-refractivity contribution is 7.13. The molecule has 0 bridgehead atoms. The maximum Gasteiger partial charge on any atom is 0.273 e. The lowest BCUT2D eigenvalue weighted by Gasteiger charge is -2.33. The van der Waals surface area contributed by atoms with Gasteiger partial charge in [0, 0.05) is 57.4 Å². The number of hydrogen-bond donors (Lipinski definition) is 1. The van der Waals surface area contributed by atoms with Crippen LogP contribution in [-0.4, -0.2) is 79.6 Å². The molecule has 2 heterocycles. The number of aromatic nitrogens is 1. The van der Waals surface area contributed by atoms with Crippen LogP contribution in [-0.2, 0) is 9.53 Å². The summed E-state index contributed by atoms with van der Waals surface area (Å²) in [5.41, 5.74) is 2.72. The van der Waals surface area contributed by atoms with E-state index in [1.165, 1.54) is 16.9 Å². The van der Waals surface area contributed by atoms with Crippen LogP contribution in [0, 0.1) is 6.92 Å². The van der Waals surface area contributed by atoms with E-state index < -0.39 is 0 Å². The monoisotopic (exact) mass is 416 g/mol. The number of piperazine rings is 1. The van der Waals surface area contributed by atoms with Gasteiger partial charge in [0.2, 0.25) is 5.91 Å². The molecule has 2 aromatic rings. The smallest absolute Gasteiger partial charge is 0.273 e. The summed E-state index contributed by atoms with van der Waals surface area (Å²) in [5.74, 6) is -0.0219. The summed E-state index contributed by atoms with van der Waals surface area (Å²) in [6.45, 7) is 6.26. The molecule has 1 aromatic heterocycles. The Morgan fingerprint density at radius 1 is 1.17 bits per heavy atom. The highest BCUT2D eigenvalue weighted by Crippen LogP contribution is 2.24. The predicted molar refractivity (Wildman–Crippen MR) is 114 cm³/mol. The van der Waals surface area contributed by atoms with Gasteiger partial charge in [-0.2, -0.15) is 0 Å². The Kier molecular flexibility index (Phi) is 7.74. The Bertz CT molecular complexity index is 814. The van der Waals surface area contributed by atoms with E-state index in [1.54, 1.807) is 7.11 Å². The van der Waals surface area contributed by atoms with E-state index in [4.69, 9.17) is 4.74 Å². The molecule has 29 heavy (non-hydrogen) atoms. The number of aryl methyl sites for hydroxylation is 1. The van der Waals surface area contributed by atoms with Gasteiger partial charge in [0.05, 0.1) is 6.54 Å². The average Bonchev–Trinajstić information content (AvgIpc) is 3.22. The number of methoxy groups -OCH3 is 1. The van der Waals surface area contributed by atoms with Crippen molar-refractivity contribution in [2.45, 2.75) is 13.3 Å². The van der Waals surface area contributed by atoms with Crippen molar-refractivity contribution >= 4 is 23.2 Å². The highest BCUT2D eigenvalue weighted by atomic mass is 32.1. The summed E-state index contributed by atoms with van der Waals surface area (Å²) in [6.07, 6.45) is 0.808. The minimum Gasteiger partial charge on any atom is -0.385 e. The van der Waals surface area contributed by atoms with E-state index >= 15 is 0 Å². The summed E-state index contributed by atoms with van der Waals surface area (Å²) in [5, 5.41) is 5.59. The van der Waals surface area contributed by atoms with Crippen LogP contribution in [0.25, 0.3) is 10.6 Å². The highest BCUT2D eigenvalue weighted by Gasteiger charge is 2.24. The predicted octanol–water partition coefficient (Wildman–Crippen LogP) is 2.03. The van der Waals surface area contributed by atoms with Crippen LogP contribution in [0.5, 0.6) is 0 Å². The van der Waals surface area contributed by atoms with Crippen molar-refractivity contribution in [3.05, 3.63) is 40.9 Å². The third-order valence-electron chi connectivity index (χ3n) is 4.90. The number of ether oxygens (including phenoxy) is 1. The van der Waals surface area contributed by atoms with E-state index in [-0.39, 0.29) is 11.8 Å². The molecule has 2 amide bonds. The van der Waals surface area contributed by atoms with Gasteiger partial charge in [0.15, 0.2) is 0 Å². The average molecular weight is 417 g/mol. The topological polar surface area (TPSA) is 74.8 Å². The normalized spacial score (nSPS) is 14.8. The van der Waals surface area contributed by atoms with Crippen molar-refractivity contribution in [1.29, 1.82) is 0 Å². The number of amides is 2. The Morgan fingerprint density at radius 3 is 2.59 bits per heavy atom. The molecular weight excluding hydrogens is 388 g/mol. The molecule has 156 valence electrons. The molecule has 1 N–H and O–H groups in total. The molecule has 1 saturated heterocycles. The zero-order valence-electron chi connectivity index (χ0n) is 17.0. The molecular formula is C21H28N4O3S. The van der Waals surface area contributed by atoms with Gasteiger partial charge in [-0.05, 0) is 13.3 Å². The van der Waals surface area contributed by atoms with Crippen LogP contribution in [0.4, 0.5) is 0 Å². The second-order valence-corrected chi connectivity index (χ2v) is 8.03. The summed E-state index contributed by atoms with van der Waals surface area (Å²) in [4.78, 5) is 33.2. The van der Waals surface area contributed by atoms with Crippen LogP contribution < -0.4 is 5.32 Å². The van der Waals surface area contributed by atoms with Crippen LogP contribution in [0.15, 0.2) is 29.6 Å². The van der Waals surface area contributed by atoms with Gasteiger partial charge in [-0.25, -0.2) is 4.98 Å². The number of thiazole rings is 1. The number of nitrogens with zero attached hydrogens (tertiary/aromatic N) is 3. The molecule has 1 aliphatic heterocycles. The zero-order valence-corrected chi connectivity index (χ0v) is 17.8. The van der Waals surface area contributed by atoms with Crippen LogP contribution in [0.3, 0.4) is 0 Å². The fourth-order valence-corrected chi connectivity index (χ4v) is 3.98. The van der Waals surface area contributed by atoms with Gasteiger partial charge < -0.3 is 15.0 Å². The third kappa shape index (κ3) is 6.09. The second-order valence-electron chi connectivity index (χ2n) is 7.17. The molecule has 0 saturated carbocycles. The Morgan fingerprint density at radius 2 is 1.90 bits per heavy atom. The van der Waals surface area contributed by atoms with Crippen molar-refractivity contribution in [2.75, 3.05) is 53.0 Å². The second kappa shape index (κ2) is 10.5. The molecule has 3 rings (SSSR count). The summed E-state index contributed by atoms with van der Waals surface area (Å²) >= 11 is 1.49. The number of carbonyl (C=O) groups is 2. The Balaban J connectivity index is 1.46. The van der Waals surface area contributed by atoms with Gasteiger partial charge in [-0.3, -0.25) is 14.5 Å². The zero-order chi connectivity index (χ0) is 20.6. The van der Waals surface area contributed by atoms with Gasteiger partial charge in [-0.1, -0.05) is 29.8 Å². The number of benzene rings is 1. The minimum absolute atomic E-state index is 0.0168. The molecule has 0 atom stereocenters. The van der Waals surface area contributed by atoms with E-state index in [0.29, 0.717) is 51.6 Å². The molecule has 0 spiro atoms. The van der Waals surface area contributed by atoms with Gasteiger partial charge in [-0.15, -0.1) is 11.3 Å². The molecule has 0 unspecified atom stereocenters. The number of carbonyl (C=O) groups excluding carboxylic acids is 2. The maximum absolute atomic E-state index is 12.8. The largest absolute Gasteiger partial charge is 0.385 e. The summed E-state index contributed by atoms with van der Waals surface area (Å²) in [7, 11) is 1.65. The molecule has 8 heteroatoms. The minimum atomic E-state index is -0.0386. The first-order chi connectivity index (χ1) is 14.1. The summed E-state index contributed by atoms with van der Waals surface area (Å²) < 4.78 is 4.97. The van der Waals surface area contributed by atoms with E-state index in [9.17, 15) is 9.59 Å². The quantitative estimate of drug-likeness (QED) is 0.667. The Labute approximate surface area is 175 Å². The van der Waals surface area contributed by atoms with Crippen LogP contribution in [0.2, 0.25) is 0 Å². The summed E-state index contributed by atoms with van der Waals surface area (Å²) in [6, 6.07) is 8.15. The number of rotatable bonds is 8. The van der Waals surface area contributed by atoms with E-state index in [0.717, 1.165) is 17.0 Å². The first kappa shape index (κ1) is 21.4. The van der Waals surface area contributed by atoms with Gasteiger partial charge >= 0.3 is 0 Å². The fraction of sp³-hybridized carbons (Fsp3) is 0.476. The van der Waals surface area contributed by atoms with Gasteiger partial charge in [0.1, 0.15) is 10.7 Å². The van der Waals surface area contributed by atoms with Crippen molar-refractivity contribution in [3.8, 4) is 10.6 Å². The van der Waals surface area contributed by atoms with E-state index in [2.05, 4.69) is 15.2 Å². The fourth-order valence-electron chi connectivity index (χ4n) is 3.18. The van der Waals surface area contributed by atoms with Crippen molar-refractivity contribution < 1.29 is 14.3 Å².